The van der Waals surface area contributed by atoms with Gasteiger partial charge in [-0.05, 0) is 34.5 Å². The molecule has 0 aliphatic carbocycles. The Morgan fingerprint density at radius 3 is 2.65 bits per heavy atom. The average molecular weight is 329 g/mol. The molecule has 0 unspecified atom stereocenters. The van der Waals surface area contributed by atoms with E-state index in [4.69, 9.17) is 23.2 Å². The molecule has 2 N–H and O–H groups in total. The van der Waals surface area contributed by atoms with Gasteiger partial charge in [-0.3, -0.25) is 9.59 Å². The summed E-state index contributed by atoms with van der Waals surface area (Å²) in [7, 11) is 0. The Bertz CT molecular complexity index is 629. The second-order valence-electron chi connectivity index (χ2n) is 3.87. The number of anilines is 1. The van der Waals surface area contributed by atoms with Crippen molar-refractivity contribution in [3.05, 3.63) is 50.6 Å². The molecule has 1 aromatic carbocycles. The van der Waals surface area contributed by atoms with Crippen LogP contribution in [0.1, 0.15) is 5.56 Å². The van der Waals surface area contributed by atoms with E-state index in [-0.39, 0.29) is 5.02 Å². The Labute approximate surface area is 129 Å². The van der Waals surface area contributed by atoms with Gasteiger partial charge in [0.2, 0.25) is 0 Å². The molecule has 0 bridgehead atoms. The molecule has 0 spiro atoms. The van der Waals surface area contributed by atoms with Crippen molar-refractivity contribution in [1.82, 2.24) is 5.32 Å². The number of carbonyl (C=O) groups is 2. The Balaban J connectivity index is 1.94. The highest BCUT2D eigenvalue weighted by molar-refractivity contribution is 7.07. The van der Waals surface area contributed by atoms with Crippen LogP contribution in [-0.2, 0) is 16.1 Å². The van der Waals surface area contributed by atoms with Gasteiger partial charge in [0.1, 0.15) is 0 Å². The summed E-state index contributed by atoms with van der Waals surface area (Å²) in [5.74, 6) is -1.52. The minimum Gasteiger partial charge on any atom is -0.344 e. The highest BCUT2D eigenvalue weighted by Crippen LogP contribution is 2.29. The minimum atomic E-state index is -0.788. The molecule has 0 radical (unpaired) electrons. The number of nitrogens with one attached hydrogen (secondary N) is 2. The summed E-state index contributed by atoms with van der Waals surface area (Å²) in [6.07, 6.45) is 0. The lowest BCUT2D eigenvalue weighted by Gasteiger charge is -2.08. The molecule has 2 amide bonds. The lowest BCUT2D eigenvalue weighted by Crippen LogP contribution is -2.34. The topological polar surface area (TPSA) is 58.2 Å². The van der Waals surface area contributed by atoms with Crippen molar-refractivity contribution in [2.75, 3.05) is 5.32 Å². The van der Waals surface area contributed by atoms with E-state index in [1.54, 1.807) is 18.2 Å². The Morgan fingerprint density at radius 2 is 1.95 bits per heavy atom. The molecule has 7 heteroatoms. The molecule has 0 saturated heterocycles. The molecule has 0 atom stereocenters. The van der Waals surface area contributed by atoms with E-state index in [1.165, 1.54) is 11.3 Å². The van der Waals surface area contributed by atoms with Crippen LogP contribution in [0, 0.1) is 0 Å². The smallest absolute Gasteiger partial charge is 0.313 e. The third-order valence-corrected chi connectivity index (χ3v) is 3.99. The van der Waals surface area contributed by atoms with Crippen LogP contribution >= 0.6 is 34.5 Å². The molecule has 0 aliphatic heterocycles. The second-order valence-corrected chi connectivity index (χ2v) is 5.43. The maximum absolute atomic E-state index is 11.7. The van der Waals surface area contributed by atoms with Crippen LogP contribution in [0.3, 0.4) is 0 Å². The zero-order valence-electron chi connectivity index (χ0n) is 10.2. The van der Waals surface area contributed by atoms with Crippen LogP contribution in [0.5, 0.6) is 0 Å². The van der Waals surface area contributed by atoms with Crippen LogP contribution in [0.4, 0.5) is 5.69 Å². The first-order valence-electron chi connectivity index (χ1n) is 5.62. The quantitative estimate of drug-likeness (QED) is 0.849. The Morgan fingerprint density at radius 1 is 1.15 bits per heavy atom. The van der Waals surface area contributed by atoms with E-state index < -0.39 is 11.8 Å². The lowest BCUT2D eigenvalue weighted by atomic mass is 10.3. The maximum atomic E-state index is 11.7. The van der Waals surface area contributed by atoms with Gasteiger partial charge in [-0.1, -0.05) is 29.3 Å². The third kappa shape index (κ3) is 3.72. The van der Waals surface area contributed by atoms with Crippen LogP contribution in [0.25, 0.3) is 0 Å². The standard InChI is InChI=1S/C13H10Cl2N2O2S/c14-9-2-1-3-10(11(9)15)17-13(19)12(18)16-6-8-4-5-20-7-8/h1-5,7H,6H2,(H,16,18)(H,17,19). The largest absolute Gasteiger partial charge is 0.344 e. The van der Waals surface area contributed by atoms with Gasteiger partial charge in [-0.25, -0.2) is 0 Å². The fourth-order valence-electron chi connectivity index (χ4n) is 1.44. The number of amides is 2. The molecule has 104 valence electrons. The van der Waals surface area contributed by atoms with E-state index in [0.717, 1.165) is 5.56 Å². The van der Waals surface area contributed by atoms with Crippen molar-refractivity contribution >= 4 is 52.0 Å². The number of benzene rings is 1. The highest BCUT2D eigenvalue weighted by atomic mass is 35.5. The van der Waals surface area contributed by atoms with E-state index in [0.29, 0.717) is 17.3 Å². The number of thiophene rings is 1. The van der Waals surface area contributed by atoms with Crippen molar-refractivity contribution < 1.29 is 9.59 Å². The van der Waals surface area contributed by atoms with E-state index in [9.17, 15) is 9.59 Å². The van der Waals surface area contributed by atoms with E-state index in [1.807, 2.05) is 16.8 Å². The molecular formula is C13H10Cl2N2O2S. The Hall–Kier alpha value is -1.56. The van der Waals surface area contributed by atoms with Gasteiger partial charge in [-0.2, -0.15) is 11.3 Å². The van der Waals surface area contributed by atoms with Crippen LogP contribution in [-0.4, -0.2) is 11.8 Å². The first-order chi connectivity index (χ1) is 9.58. The fourth-order valence-corrected chi connectivity index (χ4v) is 2.45. The monoisotopic (exact) mass is 328 g/mol. The van der Waals surface area contributed by atoms with Gasteiger partial charge in [0.25, 0.3) is 0 Å². The van der Waals surface area contributed by atoms with Crippen LogP contribution in [0.15, 0.2) is 35.0 Å². The normalized spacial score (nSPS) is 10.1. The Kier molecular flexibility index (Phi) is 5.00. The van der Waals surface area contributed by atoms with Crippen molar-refractivity contribution in [2.24, 2.45) is 0 Å². The summed E-state index contributed by atoms with van der Waals surface area (Å²) >= 11 is 13.3. The number of halogens is 2. The number of rotatable bonds is 3. The zero-order chi connectivity index (χ0) is 14.5. The molecule has 20 heavy (non-hydrogen) atoms. The summed E-state index contributed by atoms with van der Waals surface area (Å²) in [6.45, 7) is 0.305. The molecule has 0 saturated carbocycles. The maximum Gasteiger partial charge on any atom is 0.313 e. The summed E-state index contributed by atoms with van der Waals surface area (Å²) in [4.78, 5) is 23.4. The van der Waals surface area contributed by atoms with Crippen molar-refractivity contribution in [2.45, 2.75) is 6.54 Å². The number of hydrogen-bond acceptors (Lipinski definition) is 3. The van der Waals surface area contributed by atoms with Crippen molar-refractivity contribution in [3.8, 4) is 0 Å². The van der Waals surface area contributed by atoms with Gasteiger partial charge in [-0.15, -0.1) is 0 Å². The molecule has 1 heterocycles. The zero-order valence-corrected chi connectivity index (χ0v) is 12.5. The van der Waals surface area contributed by atoms with E-state index >= 15 is 0 Å². The molecule has 2 aromatic rings. The fraction of sp³-hybridized carbons (Fsp3) is 0.0769. The second kappa shape index (κ2) is 6.74. The van der Waals surface area contributed by atoms with Crippen LogP contribution in [0.2, 0.25) is 10.0 Å². The predicted molar refractivity (Wildman–Crippen MR) is 81.3 cm³/mol. The van der Waals surface area contributed by atoms with Crippen molar-refractivity contribution in [1.29, 1.82) is 0 Å². The first kappa shape index (κ1) is 14.8. The molecule has 0 aliphatic rings. The lowest BCUT2D eigenvalue weighted by molar-refractivity contribution is -0.136. The van der Waals surface area contributed by atoms with Gasteiger partial charge in [0.05, 0.1) is 15.7 Å². The molecule has 1 aromatic heterocycles. The predicted octanol–water partition coefficient (Wildman–Crippen LogP) is 3.31. The van der Waals surface area contributed by atoms with Crippen molar-refractivity contribution in [3.63, 3.8) is 0 Å². The summed E-state index contributed by atoms with van der Waals surface area (Å²) < 4.78 is 0. The average Bonchev–Trinajstić information content (AvgIpc) is 2.94. The number of carbonyl (C=O) groups excluding carboxylic acids is 2. The SMILES string of the molecule is O=C(NCc1ccsc1)C(=O)Nc1cccc(Cl)c1Cl. The van der Waals surface area contributed by atoms with Gasteiger partial charge in [0, 0.05) is 6.54 Å². The molecule has 0 fully saturated rings. The van der Waals surface area contributed by atoms with Gasteiger partial charge in [0.15, 0.2) is 0 Å². The minimum absolute atomic E-state index is 0.202. The molecule has 2 rings (SSSR count). The first-order valence-corrected chi connectivity index (χ1v) is 7.32. The summed E-state index contributed by atoms with van der Waals surface area (Å²) in [6, 6.07) is 6.66. The highest BCUT2D eigenvalue weighted by Gasteiger charge is 2.15. The van der Waals surface area contributed by atoms with Gasteiger partial charge >= 0.3 is 11.8 Å². The number of hydrogen-bond donors (Lipinski definition) is 2. The third-order valence-electron chi connectivity index (χ3n) is 2.44. The molecular weight excluding hydrogens is 319 g/mol. The van der Waals surface area contributed by atoms with E-state index in [2.05, 4.69) is 10.6 Å². The summed E-state index contributed by atoms with van der Waals surface area (Å²) in [5, 5.41) is 9.24. The van der Waals surface area contributed by atoms with Gasteiger partial charge < -0.3 is 10.6 Å². The molecule has 4 nitrogen and oxygen atoms in total. The summed E-state index contributed by atoms with van der Waals surface area (Å²) in [5.41, 5.74) is 1.24. The van der Waals surface area contributed by atoms with Crippen LogP contribution < -0.4 is 10.6 Å².